The van der Waals surface area contributed by atoms with E-state index in [4.69, 9.17) is 5.73 Å². The molecule has 0 bridgehead atoms. The molecule has 100 valence electrons. The summed E-state index contributed by atoms with van der Waals surface area (Å²) in [6.45, 7) is 2.46. The number of unbranched alkanes of at least 4 members (excludes halogenated alkanes) is 3. The van der Waals surface area contributed by atoms with Crippen LogP contribution in [0.4, 0.5) is 5.69 Å². The molecule has 0 unspecified atom stereocenters. The first-order chi connectivity index (χ1) is 8.63. The molecule has 1 amide bonds. The van der Waals surface area contributed by atoms with Crippen LogP contribution in [-0.2, 0) is 11.3 Å². The van der Waals surface area contributed by atoms with Gasteiger partial charge in [-0.3, -0.25) is 4.79 Å². The molecule has 0 aromatic heterocycles. The molecule has 1 rings (SSSR count). The average Bonchev–Trinajstić information content (AvgIpc) is 2.36. The van der Waals surface area contributed by atoms with E-state index >= 15 is 0 Å². The van der Waals surface area contributed by atoms with Gasteiger partial charge in [0.25, 0.3) is 0 Å². The fourth-order valence-electron chi connectivity index (χ4n) is 1.74. The smallest absolute Gasteiger partial charge is 0.220 e. The number of hydrogen-bond donors (Lipinski definition) is 3. The van der Waals surface area contributed by atoms with E-state index in [9.17, 15) is 9.90 Å². The standard InChI is InChI=1S/C14H22N2O2/c1-2-3-4-5-6-14(18)16-10-11-9-12(15)7-8-13(11)17/h7-9,17H,2-6,10,15H2,1H3,(H,16,18). The number of nitrogen functional groups attached to an aromatic ring is 1. The number of benzene rings is 1. The van der Waals surface area contributed by atoms with E-state index in [0.29, 0.717) is 24.2 Å². The quantitative estimate of drug-likeness (QED) is 0.395. The van der Waals surface area contributed by atoms with Gasteiger partial charge in [0.05, 0.1) is 0 Å². The lowest BCUT2D eigenvalue weighted by atomic mass is 10.1. The molecular formula is C14H22N2O2. The molecule has 4 N–H and O–H groups in total. The first-order valence-electron chi connectivity index (χ1n) is 6.47. The summed E-state index contributed by atoms with van der Waals surface area (Å²) in [5, 5.41) is 12.4. The van der Waals surface area contributed by atoms with E-state index in [2.05, 4.69) is 12.2 Å². The van der Waals surface area contributed by atoms with Crippen molar-refractivity contribution in [1.29, 1.82) is 0 Å². The number of nitrogens with two attached hydrogens (primary N) is 1. The highest BCUT2D eigenvalue weighted by molar-refractivity contribution is 5.75. The summed E-state index contributed by atoms with van der Waals surface area (Å²) >= 11 is 0. The Morgan fingerprint density at radius 3 is 2.83 bits per heavy atom. The molecule has 1 aromatic rings. The van der Waals surface area contributed by atoms with Gasteiger partial charge in [0, 0.05) is 24.2 Å². The largest absolute Gasteiger partial charge is 0.508 e. The van der Waals surface area contributed by atoms with Crippen LogP contribution in [0, 0.1) is 0 Å². The van der Waals surface area contributed by atoms with Gasteiger partial charge in [-0.2, -0.15) is 0 Å². The van der Waals surface area contributed by atoms with Crippen LogP contribution in [0.3, 0.4) is 0 Å². The highest BCUT2D eigenvalue weighted by Crippen LogP contribution is 2.19. The Kier molecular flexibility index (Phi) is 6.05. The van der Waals surface area contributed by atoms with Crippen molar-refractivity contribution in [3.05, 3.63) is 23.8 Å². The molecule has 1 aromatic carbocycles. The molecule has 0 spiro atoms. The van der Waals surface area contributed by atoms with Crippen LogP contribution in [0.15, 0.2) is 18.2 Å². The fraction of sp³-hybridized carbons (Fsp3) is 0.500. The monoisotopic (exact) mass is 250 g/mol. The Hall–Kier alpha value is -1.71. The van der Waals surface area contributed by atoms with Gasteiger partial charge in [-0.1, -0.05) is 26.2 Å². The van der Waals surface area contributed by atoms with Crippen LogP contribution in [0.25, 0.3) is 0 Å². The minimum Gasteiger partial charge on any atom is -0.508 e. The second-order valence-corrected chi connectivity index (χ2v) is 4.48. The van der Waals surface area contributed by atoms with Crippen LogP contribution in [-0.4, -0.2) is 11.0 Å². The molecule has 0 saturated carbocycles. The summed E-state index contributed by atoms with van der Waals surface area (Å²) in [5.74, 6) is 0.184. The lowest BCUT2D eigenvalue weighted by Crippen LogP contribution is -2.22. The van der Waals surface area contributed by atoms with E-state index in [0.717, 1.165) is 12.8 Å². The topological polar surface area (TPSA) is 75.4 Å². The first kappa shape index (κ1) is 14.4. The van der Waals surface area contributed by atoms with E-state index in [1.54, 1.807) is 12.1 Å². The van der Waals surface area contributed by atoms with Crippen LogP contribution < -0.4 is 11.1 Å². The predicted molar refractivity (Wildman–Crippen MR) is 73.1 cm³/mol. The zero-order chi connectivity index (χ0) is 13.4. The van der Waals surface area contributed by atoms with Crippen LogP contribution >= 0.6 is 0 Å². The summed E-state index contributed by atoms with van der Waals surface area (Å²) in [4.78, 5) is 11.6. The summed E-state index contributed by atoms with van der Waals surface area (Å²) in [7, 11) is 0. The Morgan fingerprint density at radius 2 is 2.11 bits per heavy atom. The Balaban J connectivity index is 2.31. The normalized spacial score (nSPS) is 10.3. The van der Waals surface area contributed by atoms with Crippen molar-refractivity contribution in [2.24, 2.45) is 0 Å². The number of rotatable bonds is 7. The van der Waals surface area contributed by atoms with E-state index in [1.165, 1.54) is 18.9 Å². The van der Waals surface area contributed by atoms with Crippen molar-refractivity contribution in [1.82, 2.24) is 5.32 Å². The van der Waals surface area contributed by atoms with Gasteiger partial charge in [0.2, 0.25) is 5.91 Å². The van der Waals surface area contributed by atoms with Crippen LogP contribution in [0.5, 0.6) is 5.75 Å². The Bertz CT molecular complexity index is 391. The highest BCUT2D eigenvalue weighted by atomic mass is 16.3. The Morgan fingerprint density at radius 1 is 1.33 bits per heavy atom. The summed E-state index contributed by atoms with van der Waals surface area (Å²) in [6.07, 6.45) is 4.89. The molecule has 0 fully saturated rings. The molecule has 0 aliphatic heterocycles. The number of carbonyl (C=O) groups excluding carboxylic acids is 1. The third kappa shape index (κ3) is 5.08. The zero-order valence-corrected chi connectivity index (χ0v) is 10.9. The van der Waals surface area contributed by atoms with Gasteiger partial charge in [-0.25, -0.2) is 0 Å². The molecular weight excluding hydrogens is 228 g/mol. The maximum absolute atomic E-state index is 11.6. The lowest BCUT2D eigenvalue weighted by molar-refractivity contribution is -0.121. The molecule has 0 heterocycles. The van der Waals surface area contributed by atoms with Crippen LogP contribution in [0.1, 0.15) is 44.6 Å². The van der Waals surface area contributed by atoms with Crippen molar-refractivity contribution >= 4 is 11.6 Å². The number of nitrogens with one attached hydrogen (secondary N) is 1. The highest BCUT2D eigenvalue weighted by Gasteiger charge is 2.04. The van der Waals surface area contributed by atoms with Crippen molar-refractivity contribution < 1.29 is 9.90 Å². The average molecular weight is 250 g/mol. The molecule has 4 nitrogen and oxygen atoms in total. The van der Waals surface area contributed by atoms with Gasteiger partial charge < -0.3 is 16.2 Å². The summed E-state index contributed by atoms with van der Waals surface area (Å²) in [6, 6.07) is 4.84. The van der Waals surface area contributed by atoms with Crippen molar-refractivity contribution in [3.8, 4) is 5.75 Å². The number of aromatic hydroxyl groups is 1. The van der Waals surface area contributed by atoms with E-state index < -0.39 is 0 Å². The van der Waals surface area contributed by atoms with Crippen molar-refractivity contribution in [2.75, 3.05) is 5.73 Å². The fourth-order valence-corrected chi connectivity index (χ4v) is 1.74. The van der Waals surface area contributed by atoms with Crippen molar-refractivity contribution in [2.45, 2.75) is 45.6 Å². The number of hydrogen-bond acceptors (Lipinski definition) is 3. The molecule has 0 aliphatic rings. The van der Waals surface area contributed by atoms with Gasteiger partial charge in [0.1, 0.15) is 5.75 Å². The van der Waals surface area contributed by atoms with Crippen LogP contribution in [0.2, 0.25) is 0 Å². The van der Waals surface area contributed by atoms with Gasteiger partial charge >= 0.3 is 0 Å². The maximum atomic E-state index is 11.6. The molecule has 18 heavy (non-hydrogen) atoms. The van der Waals surface area contributed by atoms with Gasteiger partial charge in [-0.05, 0) is 24.6 Å². The number of carbonyl (C=O) groups is 1. The van der Waals surface area contributed by atoms with Gasteiger partial charge in [0.15, 0.2) is 0 Å². The zero-order valence-electron chi connectivity index (χ0n) is 10.9. The first-order valence-corrected chi connectivity index (χ1v) is 6.47. The number of amides is 1. The second-order valence-electron chi connectivity index (χ2n) is 4.48. The second kappa shape index (κ2) is 7.58. The number of phenolic OH excluding ortho intramolecular Hbond substituents is 1. The predicted octanol–water partition coefficient (Wildman–Crippen LogP) is 2.56. The number of phenols is 1. The van der Waals surface area contributed by atoms with E-state index in [-0.39, 0.29) is 11.7 Å². The van der Waals surface area contributed by atoms with Gasteiger partial charge in [-0.15, -0.1) is 0 Å². The minimum absolute atomic E-state index is 0.0212. The third-order valence-corrected chi connectivity index (χ3v) is 2.84. The summed E-state index contributed by atoms with van der Waals surface area (Å²) in [5.41, 5.74) is 6.86. The molecule has 0 radical (unpaired) electrons. The minimum atomic E-state index is 0.0212. The molecule has 0 aliphatic carbocycles. The third-order valence-electron chi connectivity index (χ3n) is 2.84. The Labute approximate surface area is 108 Å². The maximum Gasteiger partial charge on any atom is 0.220 e. The molecule has 0 atom stereocenters. The van der Waals surface area contributed by atoms with E-state index in [1.807, 2.05) is 0 Å². The summed E-state index contributed by atoms with van der Waals surface area (Å²) < 4.78 is 0. The molecule has 4 heteroatoms. The number of anilines is 1. The van der Waals surface area contributed by atoms with Crippen molar-refractivity contribution in [3.63, 3.8) is 0 Å². The molecule has 0 saturated heterocycles. The lowest BCUT2D eigenvalue weighted by Gasteiger charge is -2.08. The SMILES string of the molecule is CCCCCCC(=O)NCc1cc(N)ccc1O.